The van der Waals surface area contributed by atoms with Crippen LogP contribution in [0, 0.1) is 23.1 Å². The summed E-state index contributed by atoms with van der Waals surface area (Å²) in [7, 11) is 0. The van der Waals surface area contributed by atoms with Gasteiger partial charge in [-0.2, -0.15) is 5.26 Å². The maximum Gasteiger partial charge on any atom is 0.343 e. The second kappa shape index (κ2) is 8.43. The largest absolute Gasteiger partial charge is 0.465 e. The molecular weight excluding hydrogens is 379 g/mol. The lowest BCUT2D eigenvalue weighted by Crippen LogP contribution is -2.22. The molecular formula is C21H21FN2O5. The van der Waals surface area contributed by atoms with Crippen molar-refractivity contribution in [3.05, 3.63) is 45.5 Å². The molecule has 1 aromatic carbocycles. The SMILES string of the molecule is CCOC(=O)c1cn(CC2CC2)c2cc(C(C#N)C(=O)OCC)c(F)cc2c1=O. The van der Waals surface area contributed by atoms with Crippen LogP contribution in [0.25, 0.3) is 10.9 Å². The average Bonchev–Trinajstić information content (AvgIpc) is 3.50. The zero-order valence-electron chi connectivity index (χ0n) is 16.2. The van der Waals surface area contributed by atoms with E-state index in [0.717, 1.165) is 18.9 Å². The Hall–Kier alpha value is -3.21. The Kier molecular flexibility index (Phi) is 5.97. The highest BCUT2D eigenvalue weighted by atomic mass is 19.1. The predicted molar refractivity (Wildman–Crippen MR) is 102 cm³/mol. The number of carbonyl (C=O) groups is 2. The van der Waals surface area contributed by atoms with Gasteiger partial charge in [-0.15, -0.1) is 0 Å². The molecule has 0 saturated heterocycles. The molecule has 0 N–H and O–H groups in total. The number of rotatable bonds is 7. The Morgan fingerprint density at radius 2 is 1.97 bits per heavy atom. The summed E-state index contributed by atoms with van der Waals surface area (Å²) in [5.74, 6) is -3.56. The summed E-state index contributed by atoms with van der Waals surface area (Å²) in [6.07, 6.45) is 3.44. The van der Waals surface area contributed by atoms with Crippen molar-refractivity contribution in [2.75, 3.05) is 13.2 Å². The van der Waals surface area contributed by atoms with Crippen LogP contribution >= 0.6 is 0 Å². The molecule has 1 atom stereocenters. The highest BCUT2D eigenvalue weighted by molar-refractivity contribution is 5.94. The molecule has 1 unspecified atom stereocenters. The van der Waals surface area contributed by atoms with Gasteiger partial charge < -0.3 is 14.0 Å². The number of nitriles is 1. The molecule has 29 heavy (non-hydrogen) atoms. The van der Waals surface area contributed by atoms with Crippen molar-refractivity contribution in [1.29, 1.82) is 5.26 Å². The zero-order valence-corrected chi connectivity index (χ0v) is 16.2. The van der Waals surface area contributed by atoms with E-state index in [4.69, 9.17) is 9.47 Å². The fraction of sp³-hybridized carbons (Fsp3) is 0.429. The van der Waals surface area contributed by atoms with E-state index < -0.39 is 29.1 Å². The first kappa shape index (κ1) is 20.5. The Balaban J connectivity index is 2.21. The van der Waals surface area contributed by atoms with E-state index in [1.165, 1.54) is 12.3 Å². The number of aromatic nitrogens is 1. The highest BCUT2D eigenvalue weighted by Crippen LogP contribution is 2.32. The number of hydrogen-bond donors (Lipinski definition) is 0. The van der Waals surface area contributed by atoms with Crippen LogP contribution in [0.15, 0.2) is 23.1 Å². The van der Waals surface area contributed by atoms with Crippen molar-refractivity contribution < 1.29 is 23.5 Å². The number of nitrogens with zero attached hydrogens (tertiary/aromatic N) is 2. The summed E-state index contributed by atoms with van der Waals surface area (Å²) in [6.45, 7) is 3.92. The molecule has 0 amide bonds. The molecule has 1 fully saturated rings. The van der Waals surface area contributed by atoms with E-state index in [-0.39, 0.29) is 29.7 Å². The van der Waals surface area contributed by atoms with E-state index in [1.807, 2.05) is 0 Å². The monoisotopic (exact) mass is 400 g/mol. The van der Waals surface area contributed by atoms with Crippen LogP contribution in [-0.2, 0) is 20.8 Å². The number of benzene rings is 1. The van der Waals surface area contributed by atoms with E-state index in [9.17, 15) is 24.0 Å². The fourth-order valence-corrected chi connectivity index (χ4v) is 3.21. The second-order valence-electron chi connectivity index (χ2n) is 6.89. The van der Waals surface area contributed by atoms with E-state index >= 15 is 0 Å². The summed E-state index contributed by atoms with van der Waals surface area (Å²) in [5, 5.41) is 9.38. The number of hydrogen-bond acceptors (Lipinski definition) is 6. The first-order valence-electron chi connectivity index (χ1n) is 9.51. The molecule has 7 nitrogen and oxygen atoms in total. The average molecular weight is 400 g/mol. The fourth-order valence-electron chi connectivity index (χ4n) is 3.21. The van der Waals surface area contributed by atoms with Crippen LogP contribution in [0.2, 0.25) is 0 Å². The Morgan fingerprint density at radius 3 is 2.55 bits per heavy atom. The normalized spacial score (nSPS) is 14.3. The maximum absolute atomic E-state index is 14.8. The number of esters is 2. The molecule has 1 saturated carbocycles. The lowest BCUT2D eigenvalue weighted by Gasteiger charge is -2.16. The number of fused-ring (bicyclic) bond motifs is 1. The summed E-state index contributed by atoms with van der Waals surface area (Å²) < 4.78 is 26.3. The third-order valence-electron chi connectivity index (χ3n) is 4.81. The van der Waals surface area contributed by atoms with Crippen LogP contribution in [-0.4, -0.2) is 29.7 Å². The van der Waals surface area contributed by atoms with Crippen molar-refractivity contribution in [2.24, 2.45) is 5.92 Å². The predicted octanol–water partition coefficient (Wildman–Crippen LogP) is 2.90. The van der Waals surface area contributed by atoms with Gasteiger partial charge in [0.05, 0.1) is 24.8 Å². The van der Waals surface area contributed by atoms with Crippen molar-refractivity contribution >= 4 is 22.8 Å². The second-order valence-corrected chi connectivity index (χ2v) is 6.89. The Bertz CT molecular complexity index is 1070. The topological polar surface area (TPSA) is 98.4 Å². The molecule has 2 aromatic rings. The van der Waals surface area contributed by atoms with Gasteiger partial charge in [-0.05, 0) is 44.7 Å². The summed E-state index contributed by atoms with van der Waals surface area (Å²) in [5.41, 5.74) is -0.628. The molecule has 0 spiro atoms. The van der Waals surface area contributed by atoms with Gasteiger partial charge in [0.1, 0.15) is 11.4 Å². The molecule has 0 radical (unpaired) electrons. The number of pyridine rings is 1. The third-order valence-corrected chi connectivity index (χ3v) is 4.81. The van der Waals surface area contributed by atoms with Crippen molar-refractivity contribution in [3.8, 4) is 6.07 Å². The molecule has 1 heterocycles. The Labute approximate surface area is 166 Å². The first-order valence-corrected chi connectivity index (χ1v) is 9.51. The lowest BCUT2D eigenvalue weighted by molar-refractivity contribution is -0.143. The minimum Gasteiger partial charge on any atom is -0.465 e. The lowest BCUT2D eigenvalue weighted by atomic mass is 9.97. The van der Waals surface area contributed by atoms with Gasteiger partial charge in [0.2, 0.25) is 5.43 Å². The number of halogens is 1. The van der Waals surface area contributed by atoms with Crippen molar-refractivity contribution in [1.82, 2.24) is 4.57 Å². The molecule has 3 rings (SSSR count). The number of carbonyl (C=O) groups excluding carboxylic acids is 2. The number of ether oxygens (including phenoxy) is 2. The van der Waals surface area contributed by atoms with Gasteiger partial charge >= 0.3 is 11.9 Å². The molecule has 1 aliphatic carbocycles. The van der Waals surface area contributed by atoms with Crippen LogP contribution in [0.4, 0.5) is 4.39 Å². The van der Waals surface area contributed by atoms with Crippen LogP contribution < -0.4 is 5.43 Å². The van der Waals surface area contributed by atoms with Gasteiger partial charge in [-0.1, -0.05) is 0 Å². The van der Waals surface area contributed by atoms with E-state index in [0.29, 0.717) is 18.0 Å². The molecule has 1 aromatic heterocycles. The van der Waals surface area contributed by atoms with E-state index in [1.54, 1.807) is 24.5 Å². The Morgan fingerprint density at radius 1 is 1.28 bits per heavy atom. The first-order chi connectivity index (χ1) is 13.9. The molecule has 152 valence electrons. The zero-order chi connectivity index (χ0) is 21.1. The smallest absolute Gasteiger partial charge is 0.343 e. The van der Waals surface area contributed by atoms with Crippen molar-refractivity contribution in [2.45, 2.75) is 39.2 Å². The maximum atomic E-state index is 14.8. The summed E-state index contributed by atoms with van der Waals surface area (Å²) >= 11 is 0. The molecule has 1 aliphatic rings. The van der Waals surface area contributed by atoms with Gasteiger partial charge in [0.25, 0.3) is 0 Å². The quantitative estimate of drug-likeness (QED) is 0.663. The van der Waals surface area contributed by atoms with E-state index in [2.05, 4.69) is 0 Å². The minimum absolute atomic E-state index is 0.00185. The van der Waals surface area contributed by atoms with Gasteiger partial charge in [-0.25, -0.2) is 9.18 Å². The van der Waals surface area contributed by atoms with Gasteiger partial charge in [0.15, 0.2) is 5.92 Å². The minimum atomic E-state index is -1.45. The third kappa shape index (κ3) is 4.14. The van der Waals surface area contributed by atoms with Crippen LogP contribution in [0.5, 0.6) is 0 Å². The van der Waals surface area contributed by atoms with Gasteiger partial charge in [0, 0.05) is 23.7 Å². The van der Waals surface area contributed by atoms with Crippen LogP contribution in [0.3, 0.4) is 0 Å². The van der Waals surface area contributed by atoms with Crippen LogP contribution in [0.1, 0.15) is 48.5 Å². The molecule has 0 bridgehead atoms. The van der Waals surface area contributed by atoms with Gasteiger partial charge in [-0.3, -0.25) is 9.59 Å². The molecule has 8 heteroatoms. The molecule has 0 aliphatic heterocycles. The summed E-state index contributed by atoms with van der Waals surface area (Å²) in [6, 6.07) is 4.07. The standard InChI is InChI=1S/C21H21FN2O5/c1-3-28-20(26)15(9-23)13-8-18-14(7-17(13)22)19(25)16(21(27)29-4-2)11-24(18)10-12-5-6-12/h7-8,11-12,15H,3-6,10H2,1-2H3. The summed E-state index contributed by atoms with van der Waals surface area (Å²) in [4.78, 5) is 37.1. The highest BCUT2D eigenvalue weighted by Gasteiger charge is 2.28. The van der Waals surface area contributed by atoms with Crippen molar-refractivity contribution in [3.63, 3.8) is 0 Å².